The van der Waals surface area contributed by atoms with Crippen molar-refractivity contribution in [3.63, 3.8) is 0 Å². The fraction of sp³-hybridized carbons (Fsp3) is 0.429. The van der Waals surface area contributed by atoms with Gasteiger partial charge in [0, 0.05) is 37.4 Å². The second-order valence-electron chi connectivity index (χ2n) is 6.79. The van der Waals surface area contributed by atoms with Gasteiger partial charge in [-0.15, -0.1) is 0 Å². The number of guanidine groups is 1. The number of halogens is 1. The van der Waals surface area contributed by atoms with E-state index in [4.69, 9.17) is 21.3 Å². The monoisotopic (exact) mass is 401 g/mol. The Morgan fingerprint density at radius 3 is 2.96 bits per heavy atom. The lowest BCUT2D eigenvalue weighted by molar-refractivity contribution is 0.0529. The topological polar surface area (TPSA) is 61.8 Å². The van der Waals surface area contributed by atoms with Gasteiger partial charge < -0.3 is 20.3 Å². The average molecular weight is 402 g/mol. The largest absolute Gasteiger partial charge is 0.375 e. The van der Waals surface area contributed by atoms with Crippen molar-refractivity contribution < 1.29 is 4.74 Å². The van der Waals surface area contributed by atoms with Gasteiger partial charge in [0.05, 0.1) is 19.3 Å². The average Bonchev–Trinajstić information content (AvgIpc) is 2.71. The van der Waals surface area contributed by atoms with Gasteiger partial charge in [0.15, 0.2) is 5.96 Å². The van der Waals surface area contributed by atoms with Crippen LogP contribution in [0.1, 0.15) is 25.0 Å². The van der Waals surface area contributed by atoms with E-state index in [9.17, 15) is 0 Å². The summed E-state index contributed by atoms with van der Waals surface area (Å²) in [6.07, 6.45) is 2.08. The zero-order valence-corrected chi connectivity index (χ0v) is 17.2. The minimum absolute atomic E-state index is 0.228. The first kappa shape index (κ1) is 20.4. The molecule has 1 aromatic carbocycles. The molecule has 0 amide bonds. The highest BCUT2D eigenvalue weighted by atomic mass is 35.5. The summed E-state index contributed by atoms with van der Waals surface area (Å²) < 4.78 is 5.62. The number of aliphatic imine (C=N–C) groups is 1. The van der Waals surface area contributed by atoms with Crippen LogP contribution in [-0.2, 0) is 17.8 Å². The van der Waals surface area contributed by atoms with Gasteiger partial charge >= 0.3 is 0 Å². The number of pyridine rings is 1. The molecule has 2 N–H and O–H groups in total. The molecule has 1 unspecified atom stereocenters. The van der Waals surface area contributed by atoms with Crippen molar-refractivity contribution in [3.05, 3.63) is 58.7 Å². The van der Waals surface area contributed by atoms with Gasteiger partial charge in [-0.25, -0.2) is 9.98 Å². The SMILES string of the molecule is CCNC(=NCc1ccnc(N2CCOC(C)C2)c1)NCc1ccccc1Cl. The van der Waals surface area contributed by atoms with Gasteiger partial charge in [-0.05, 0) is 43.2 Å². The van der Waals surface area contributed by atoms with Gasteiger partial charge in [0.25, 0.3) is 0 Å². The molecule has 28 heavy (non-hydrogen) atoms. The van der Waals surface area contributed by atoms with Crippen molar-refractivity contribution in [3.8, 4) is 0 Å². The highest BCUT2D eigenvalue weighted by Crippen LogP contribution is 2.17. The number of anilines is 1. The van der Waals surface area contributed by atoms with Crippen LogP contribution < -0.4 is 15.5 Å². The number of rotatable bonds is 6. The normalized spacial score (nSPS) is 17.5. The molecule has 1 saturated heterocycles. The third-order valence-electron chi connectivity index (χ3n) is 4.54. The van der Waals surface area contributed by atoms with Crippen molar-refractivity contribution >= 4 is 23.4 Å². The van der Waals surface area contributed by atoms with Crippen LogP contribution >= 0.6 is 11.6 Å². The Kier molecular flexibility index (Phi) is 7.51. The van der Waals surface area contributed by atoms with Crippen LogP contribution in [0, 0.1) is 0 Å². The smallest absolute Gasteiger partial charge is 0.191 e. The standard InChI is InChI=1S/C21H28ClN5O/c1-3-23-21(26-14-18-6-4-5-7-19(18)22)25-13-17-8-9-24-20(12-17)27-10-11-28-16(2)15-27/h4-9,12,16H,3,10-11,13-15H2,1-2H3,(H2,23,25,26). The minimum atomic E-state index is 0.228. The second kappa shape index (κ2) is 10.3. The Morgan fingerprint density at radius 1 is 1.32 bits per heavy atom. The zero-order valence-electron chi connectivity index (χ0n) is 16.5. The summed E-state index contributed by atoms with van der Waals surface area (Å²) in [4.78, 5) is 11.5. The van der Waals surface area contributed by atoms with Gasteiger partial charge in [0.1, 0.15) is 5.82 Å². The molecule has 2 heterocycles. The quantitative estimate of drug-likeness (QED) is 0.575. The summed E-state index contributed by atoms with van der Waals surface area (Å²) in [6, 6.07) is 11.9. The van der Waals surface area contributed by atoms with Crippen LogP contribution in [0.2, 0.25) is 5.02 Å². The van der Waals surface area contributed by atoms with Crippen LogP contribution in [-0.4, -0.2) is 43.3 Å². The predicted molar refractivity (Wildman–Crippen MR) is 115 cm³/mol. The maximum Gasteiger partial charge on any atom is 0.191 e. The number of ether oxygens (including phenoxy) is 1. The number of hydrogen-bond acceptors (Lipinski definition) is 4. The van der Waals surface area contributed by atoms with Gasteiger partial charge in [-0.2, -0.15) is 0 Å². The van der Waals surface area contributed by atoms with E-state index >= 15 is 0 Å². The van der Waals surface area contributed by atoms with Crippen molar-refractivity contribution in [2.75, 3.05) is 31.1 Å². The number of benzene rings is 1. The molecule has 3 rings (SSSR count). The third-order valence-corrected chi connectivity index (χ3v) is 4.91. The first-order chi connectivity index (χ1) is 13.7. The maximum absolute atomic E-state index is 6.24. The first-order valence-electron chi connectivity index (χ1n) is 9.72. The summed E-state index contributed by atoms with van der Waals surface area (Å²) >= 11 is 6.24. The fourth-order valence-corrected chi connectivity index (χ4v) is 3.29. The molecule has 1 aliphatic rings. The molecule has 1 aliphatic heterocycles. The van der Waals surface area contributed by atoms with Crippen molar-refractivity contribution in [2.24, 2.45) is 4.99 Å². The highest BCUT2D eigenvalue weighted by Gasteiger charge is 2.18. The Hall–Kier alpha value is -2.31. The Bertz CT molecular complexity index is 798. The maximum atomic E-state index is 6.24. The molecular formula is C21H28ClN5O. The summed E-state index contributed by atoms with van der Waals surface area (Å²) in [5.74, 6) is 1.75. The molecule has 0 bridgehead atoms. The van der Waals surface area contributed by atoms with Gasteiger partial charge in [0.2, 0.25) is 0 Å². The summed E-state index contributed by atoms with van der Waals surface area (Å²) in [7, 11) is 0. The number of hydrogen-bond donors (Lipinski definition) is 2. The number of aromatic nitrogens is 1. The predicted octanol–water partition coefficient (Wildman–Crippen LogP) is 3.22. The van der Waals surface area contributed by atoms with E-state index in [0.717, 1.165) is 54.2 Å². The lowest BCUT2D eigenvalue weighted by atomic mass is 10.2. The zero-order chi connectivity index (χ0) is 19.8. The highest BCUT2D eigenvalue weighted by molar-refractivity contribution is 6.31. The molecule has 1 fully saturated rings. The number of nitrogens with one attached hydrogen (secondary N) is 2. The van der Waals surface area contributed by atoms with Crippen LogP contribution in [0.4, 0.5) is 5.82 Å². The van der Waals surface area contributed by atoms with Gasteiger partial charge in [-0.1, -0.05) is 29.8 Å². The van der Waals surface area contributed by atoms with Gasteiger partial charge in [-0.3, -0.25) is 0 Å². The molecule has 1 aromatic heterocycles. The molecular weight excluding hydrogens is 374 g/mol. The van der Waals surface area contributed by atoms with Crippen LogP contribution in [0.3, 0.4) is 0 Å². The lowest BCUT2D eigenvalue weighted by Gasteiger charge is -2.32. The third kappa shape index (κ3) is 5.84. The second-order valence-corrected chi connectivity index (χ2v) is 7.20. The minimum Gasteiger partial charge on any atom is -0.375 e. The van der Waals surface area contributed by atoms with E-state index in [2.05, 4.69) is 40.4 Å². The lowest BCUT2D eigenvalue weighted by Crippen LogP contribution is -2.41. The van der Waals surface area contributed by atoms with Crippen molar-refractivity contribution in [1.82, 2.24) is 15.6 Å². The molecule has 6 nitrogen and oxygen atoms in total. The molecule has 2 aromatic rings. The van der Waals surface area contributed by atoms with Crippen LogP contribution in [0.5, 0.6) is 0 Å². The molecule has 0 radical (unpaired) electrons. The molecule has 7 heteroatoms. The Morgan fingerprint density at radius 2 is 2.18 bits per heavy atom. The fourth-order valence-electron chi connectivity index (χ4n) is 3.09. The van der Waals surface area contributed by atoms with E-state index in [1.165, 1.54) is 0 Å². The first-order valence-corrected chi connectivity index (χ1v) is 10.1. The van der Waals surface area contributed by atoms with Crippen molar-refractivity contribution in [2.45, 2.75) is 33.0 Å². The molecule has 0 aliphatic carbocycles. The Labute approximate surface area is 172 Å². The molecule has 150 valence electrons. The van der Waals surface area contributed by atoms with E-state index in [1.807, 2.05) is 36.5 Å². The summed E-state index contributed by atoms with van der Waals surface area (Å²) in [5, 5.41) is 7.38. The van der Waals surface area contributed by atoms with Crippen LogP contribution in [0.25, 0.3) is 0 Å². The number of nitrogens with zero attached hydrogens (tertiary/aromatic N) is 3. The summed E-state index contributed by atoms with van der Waals surface area (Å²) in [6.45, 7) is 8.60. The van der Waals surface area contributed by atoms with E-state index in [-0.39, 0.29) is 6.10 Å². The van der Waals surface area contributed by atoms with E-state index < -0.39 is 0 Å². The van der Waals surface area contributed by atoms with E-state index in [1.54, 1.807) is 0 Å². The molecule has 1 atom stereocenters. The van der Waals surface area contributed by atoms with Crippen LogP contribution in [0.15, 0.2) is 47.6 Å². The van der Waals surface area contributed by atoms with Crippen molar-refractivity contribution in [1.29, 1.82) is 0 Å². The number of morpholine rings is 1. The molecule has 0 saturated carbocycles. The van der Waals surface area contributed by atoms with E-state index in [0.29, 0.717) is 13.1 Å². The molecule has 0 spiro atoms. The summed E-state index contributed by atoms with van der Waals surface area (Å²) in [5.41, 5.74) is 2.17. The Balaban J connectivity index is 1.64.